The number of carbonyl (C=O) groups excluding carboxylic acids is 2. The highest BCUT2D eigenvalue weighted by atomic mass is 35.5. The molecule has 0 aliphatic rings. The molecule has 1 aromatic carbocycles. The Morgan fingerprint density at radius 2 is 1.91 bits per heavy atom. The number of hydrogen-bond donors (Lipinski definition) is 1. The maximum atomic E-state index is 13.0. The first-order valence-corrected chi connectivity index (χ1v) is 11.5. The molecule has 0 radical (unpaired) electrons. The third kappa shape index (κ3) is 6.18. The molecule has 9 heteroatoms. The number of carbonyl (C=O) groups is 2. The topological polar surface area (TPSA) is 80.4 Å². The second-order valence-corrected chi connectivity index (χ2v) is 9.60. The first-order valence-electron chi connectivity index (χ1n) is 10.8. The third-order valence-electron chi connectivity index (χ3n) is 5.03. The average molecular weight is 491 g/mol. The molecule has 2 aromatic heterocycles. The summed E-state index contributed by atoms with van der Waals surface area (Å²) in [5.41, 5.74) is 1.20. The van der Waals surface area contributed by atoms with E-state index in [1.54, 1.807) is 35.0 Å². The van der Waals surface area contributed by atoms with Crippen molar-refractivity contribution >= 4 is 40.8 Å². The minimum absolute atomic E-state index is 0.114. The van der Waals surface area contributed by atoms with Crippen LogP contribution in [0.4, 0.5) is 5.82 Å². The summed E-state index contributed by atoms with van der Waals surface area (Å²) < 4.78 is 6.85. The molecular formula is C24H28Cl2N4O3. The monoisotopic (exact) mass is 490 g/mol. The van der Waals surface area contributed by atoms with Crippen LogP contribution in [-0.2, 0) is 10.2 Å². The molecule has 0 spiro atoms. The number of halogens is 2. The lowest BCUT2D eigenvalue weighted by Crippen LogP contribution is -2.38. The van der Waals surface area contributed by atoms with Crippen LogP contribution in [0, 0.1) is 0 Å². The van der Waals surface area contributed by atoms with Crippen LogP contribution in [0.2, 0.25) is 10.0 Å². The molecule has 3 aromatic rings. The van der Waals surface area contributed by atoms with Crippen molar-refractivity contribution in [1.29, 1.82) is 0 Å². The Kier molecular flexibility index (Phi) is 7.87. The second-order valence-electron chi connectivity index (χ2n) is 8.78. The Labute approximate surface area is 203 Å². The van der Waals surface area contributed by atoms with E-state index >= 15 is 0 Å². The highest BCUT2D eigenvalue weighted by Gasteiger charge is 2.24. The molecule has 176 valence electrons. The van der Waals surface area contributed by atoms with E-state index in [1.165, 1.54) is 11.2 Å². The minimum atomic E-state index is -0.340. The Bertz CT molecular complexity index is 1120. The van der Waals surface area contributed by atoms with Crippen molar-refractivity contribution in [1.82, 2.24) is 14.7 Å². The van der Waals surface area contributed by atoms with Gasteiger partial charge >= 0.3 is 0 Å². The van der Waals surface area contributed by atoms with E-state index in [0.717, 1.165) is 18.5 Å². The lowest BCUT2D eigenvalue weighted by molar-refractivity contribution is -0.117. The number of rotatable bonds is 8. The summed E-state index contributed by atoms with van der Waals surface area (Å²) in [6, 6.07) is 10.2. The summed E-state index contributed by atoms with van der Waals surface area (Å²) in [4.78, 5) is 27.3. The number of nitrogens with one attached hydrogen (secondary N) is 1. The number of aromatic nitrogens is 2. The van der Waals surface area contributed by atoms with Gasteiger partial charge in [-0.1, -0.05) is 57.3 Å². The van der Waals surface area contributed by atoms with Gasteiger partial charge in [0.25, 0.3) is 5.91 Å². The highest BCUT2D eigenvalue weighted by molar-refractivity contribution is 6.42. The molecule has 0 bridgehead atoms. The van der Waals surface area contributed by atoms with Crippen molar-refractivity contribution in [3.63, 3.8) is 0 Å². The highest BCUT2D eigenvalue weighted by Crippen LogP contribution is 2.29. The largest absolute Gasteiger partial charge is 0.459 e. The van der Waals surface area contributed by atoms with Crippen LogP contribution in [0.15, 0.2) is 47.1 Å². The van der Waals surface area contributed by atoms with E-state index in [2.05, 4.69) is 10.4 Å². The third-order valence-corrected chi connectivity index (χ3v) is 5.77. The molecular weight excluding hydrogens is 463 g/mol. The number of benzene rings is 1. The summed E-state index contributed by atoms with van der Waals surface area (Å²) in [7, 11) is 0. The van der Waals surface area contributed by atoms with Crippen LogP contribution in [0.3, 0.4) is 0 Å². The molecule has 0 fully saturated rings. The van der Waals surface area contributed by atoms with Gasteiger partial charge in [-0.3, -0.25) is 9.59 Å². The fourth-order valence-electron chi connectivity index (χ4n) is 3.16. The van der Waals surface area contributed by atoms with E-state index in [4.69, 9.17) is 27.6 Å². The lowest BCUT2D eigenvalue weighted by atomic mass is 9.92. The van der Waals surface area contributed by atoms with Crippen molar-refractivity contribution in [3.8, 4) is 5.69 Å². The van der Waals surface area contributed by atoms with Gasteiger partial charge in [0.05, 0.1) is 27.7 Å². The molecule has 2 amide bonds. The van der Waals surface area contributed by atoms with Crippen LogP contribution in [0.25, 0.3) is 5.69 Å². The standard InChI is InChI=1S/C24H28Cl2N4O3/c1-5-6-11-29(23(32)19-8-7-12-33-19)15-22(31)27-21-14-20(24(2,3)4)28-30(21)16-9-10-17(25)18(26)13-16/h7-10,12-14H,5-6,11,15H2,1-4H3,(H,27,31). The molecule has 0 unspecified atom stereocenters. The summed E-state index contributed by atoms with van der Waals surface area (Å²) in [5.74, 6) is 0.0172. The summed E-state index contributed by atoms with van der Waals surface area (Å²) in [6.07, 6.45) is 3.10. The van der Waals surface area contributed by atoms with Gasteiger partial charge in [-0.2, -0.15) is 5.10 Å². The Morgan fingerprint density at radius 3 is 2.52 bits per heavy atom. The Morgan fingerprint density at radius 1 is 1.15 bits per heavy atom. The molecule has 3 rings (SSSR count). The first kappa shape index (κ1) is 24.9. The number of anilines is 1. The summed E-state index contributed by atoms with van der Waals surface area (Å²) in [5, 5.41) is 8.40. The maximum Gasteiger partial charge on any atom is 0.290 e. The van der Waals surface area contributed by atoms with Crippen LogP contribution in [0.5, 0.6) is 0 Å². The molecule has 0 aliphatic heterocycles. The van der Waals surface area contributed by atoms with Crippen molar-refractivity contribution in [3.05, 3.63) is 64.2 Å². The average Bonchev–Trinajstić information content (AvgIpc) is 3.43. The number of amides is 2. The van der Waals surface area contributed by atoms with Gasteiger partial charge in [-0.15, -0.1) is 0 Å². The Balaban J connectivity index is 1.87. The zero-order valence-corrected chi connectivity index (χ0v) is 20.7. The summed E-state index contributed by atoms with van der Waals surface area (Å²) in [6.45, 7) is 8.47. The second kappa shape index (κ2) is 10.4. The number of furan rings is 1. The number of hydrogen-bond acceptors (Lipinski definition) is 4. The maximum absolute atomic E-state index is 13.0. The summed E-state index contributed by atoms with van der Waals surface area (Å²) >= 11 is 12.3. The Hall–Kier alpha value is -2.77. The van der Waals surface area contributed by atoms with E-state index in [1.807, 2.05) is 33.8 Å². The SMILES string of the molecule is CCCCN(CC(=O)Nc1cc(C(C)(C)C)nn1-c1ccc(Cl)c(Cl)c1)C(=O)c1ccco1. The normalized spacial score (nSPS) is 11.5. The van der Waals surface area contributed by atoms with E-state index in [9.17, 15) is 9.59 Å². The van der Waals surface area contributed by atoms with Crippen molar-refractivity contribution in [2.45, 2.75) is 46.0 Å². The van der Waals surface area contributed by atoms with Gasteiger partial charge in [0.2, 0.25) is 5.91 Å². The smallest absolute Gasteiger partial charge is 0.290 e. The van der Waals surface area contributed by atoms with E-state index in [-0.39, 0.29) is 29.5 Å². The molecule has 2 heterocycles. The molecule has 1 N–H and O–H groups in total. The van der Waals surface area contributed by atoms with Gasteiger partial charge in [0.1, 0.15) is 12.4 Å². The van der Waals surface area contributed by atoms with Crippen LogP contribution < -0.4 is 5.32 Å². The van der Waals surface area contributed by atoms with Gasteiger partial charge < -0.3 is 14.6 Å². The fraction of sp³-hybridized carbons (Fsp3) is 0.375. The van der Waals surface area contributed by atoms with Crippen LogP contribution in [-0.4, -0.2) is 39.6 Å². The van der Waals surface area contributed by atoms with E-state index in [0.29, 0.717) is 28.1 Å². The first-order chi connectivity index (χ1) is 15.6. The van der Waals surface area contributed by atoms with E-state index < -0.39 is 0 Å². The van der Waals surface area contributed by atoms with Gasteiger partial charge in [-0.05, 0) is 36.8 Å². The molecule has 0 atom stereocenters. The van der Waals surface area contributed by atoms with Crippen molar-refractivity contribution in [2.24, 2.45) is 0 Å². The molecule has 0 saturated carbocycles. The minimum Gasteiger partial charge on any atom is -0.459 e. The predicted octanol–water partition coefficient (Wildman–Crippen LogP) is 5.95. The zero-order chi connectivity index (χ0) is 24.2. The number of unbranched alkanes of at least 4 members (excludes halogenated alkanes) is 1. The zero-order valence-electron chi connectivity index (χ0n) is 19.2. The van der Waals surface area contributed by atoms with Gasteiger partial charge in [0, 0.05) is 18.0 Å². The molecule has 7 nitrogen and oxygen atoms in total. The van der Waals surface area contributed by atoms with Crippen molar-refractivity contribution in [2.75, 3.05) is 18.4 Å². The van der Waals surface area contributed by atoms with Crippen LogP contribution in [0.1, 0.15) is 56.8 Å². The predicted molar refractivity (Wildman–Crippen MR) is 130 cm³/mol. The van der Waals surface area contributed by atoms with Crippen molar-refractivity contribution < 1.29 is 14.0 Å². The lowest BCUT2D eigenvalue weighted by Gasteiger charge is -2.21. The molecule has 33 heavy (non-hydrogen) atoms. The molecule has 0 aliphatic carbocycles. The van der Waals surface area contributed by atoms with Gasteiger partial charge in [0.15, 0.2) is 5.76 Å². The molecule has 0 saturated heterocycles. The quantitative estimate of drug-likeness (QED) is 0.422. The van der Waals surface area contributed by atoms with Gasteiger partial charge in [-0.25, -0.2) is 4.68 Å². The number of nitrogens with zero attached hydrogens (tertiary/aromatic N) is 3. The van der Waals surface area contributed by atoms with Crippen LogP contribution >= 0.6 is 23.2 Å². The fourth-order valence-corrected chi connectivity index (χ4v) is 3.46.